The van der Waals surface area contributed by atoms with Gasteiger partial charge in [-0.3, -0.25) is 4.98 Å². The van der Waals surface area contributed by atoms with Gasteiger partial charge in [-0.1, -0.05) is 12.1 Å². The number of nitrogens with zero attached hydrogens (tertiary/aromatic N) is 6. The fourth-order valence-corrected chi connectivity index (χ4v) is 3.51. The van der Waals surface area contributed by atoms with Crippen molar-refractivity contribution in [2.45, 2.75) is 6.42 Å². The highest BCUT2D eigenvalue weighted by atomic mass is 32.1. The number of aromatic nitrogens is 4. The highest BCUT2D eigenvalue weighted by molar-refractivity contribution is 7.09. The van der Waals surface area contributed by atoms with Crippen molar-refractivity contribution in [3.05, 3.63) is 60.3 Å². The molecule has 0 radical (unpaired) electrons. The summed E-state index contributed by atoms with van der Waals surface area (Å²) in [5.74, 6) is 1.89. The Morgan fingerprint density at radius 1 is 0.875 bits per heavy atom. The van der Waals surface area contributed by atoms with Gasteiger partial charge in [0.2, 0.25) is 5.13 Å². The maximum absolute atomic E-state index is 4.69. The second-order valence-corrected chi connectivity index (χ2v) is 6.38. The van der Waals surface area contributed by atoms with Gasteiger partial charge in [-0.2, -0.15) is 4.37 Å². The second kappa shape index (κ2) is 6.92. The Bertz CT molecular complexity index is 768. The zero-order valence-electron chi connectivity index (χ0n) is 13.2. The Morgan fingerprint density at radius 2 is 1.62 bits per heavy atom. The van der Waals surface area contributed by atoms with Crippen LogP contribution in [0.15, 0.2) is 48.8 Å². The van der Waals surface area contributed by atoms with E-state index >= 15 is 0 Å². The van der Waals surface area contributed by atoms with E-state index in [9.17, 15) is 0 Å². The highest BCUT2D eigenvalue weighted by Gasteiger charge is 2.20. The molecule has 6 nitrogen and oxygen atoms in total. The Balaban J connectivity index is 1.38. The van der Waals surface area contributed by atoms with E-state index in [0.29, 0.717) is 6.42 Å². The number of rotatable bonds is 4. The van der Waals surface area contributed by atoms with Crippen LogP contribution in [0.2, 0.25) is 0 Å². The number of hydrogen-bond donors (Lipinski definition) is 0. The SMILES string of the molecule is c1ccc(Cc2nsc(N3CCN(c4ccccn4)CC3)n2)nc1. The first-order valence-electron chi connectivity index (χ1n) is 8.02. The second-order valence-electron chi connectivity index (χ2n) is 5.65. The lowest BCUT2D eigenvalue weighted by Gasteiger charge is -2.34. The van der Waals surface area contributed by atoms with Gasteiger partial charge < -0.3 is 9.80 Å². The first-order chi connectivity index (χ1) is 11.9. The lowest BCUT2D eigenvalue weighted by molar-refractivity contribution is 0.645. The van der Waals surface area contributed by atoms with Crippen molar-refractivity contribution < 1.29 is 0 Å². The molecule has 4 rings (SSSR count). The lowest BCUT2D eigenvalue weighted by Crippen LogP contribution is -2.46. The van der Waals surface area contributed by atoms with Gasteiger partial charge >= 0.3 is 0 Å². The summed E-state index contributed by atoms with van der Waals surface area (Å²) in [5, 5.41) is 1.00. The molecule has 3 aromatic rings. The van der Waals surface area contributed by atoms with Crippen LogP contribution in [0.5, 0.6) is 0 Å². The molecule has 1 aliphatic rings. The quantitative estimate of drug-likeness (QED) is 0.727. The maximum atomic E-state index is 4.69. The zero-order chi connectivity index (χ0) is 16.2. The van der Waals surface area contributed by atoms with E-state index in [4.69, 9.17) is 0 Å². The fourth-order valence-electron chi connectivity index (χ4n) is 2.78. The number of anilines is 2. The minimum absolute atomic E-state index is 0.686. The molecule has 0 aliphatic carbocycles. The Kier molecular flexibility index (Phi) is 4.33. The summed E-state index contributed by atoms with van der Waals surface area (Å²) in [4.78, 5) is 18.1. The number of pyridine rings is 2. The van der Waals surface area contributed by atoms with Gasteiger partial charge in [-0.25, -0.2) is 9.97 Å². The molecular weight excluding hydrogens is 320 g/mol. The van der Waals surface area contributed by atoms with Crippen molar-refractivity contribution in [3.63, 3.8) is 0 Å². The van der Waals surface area contributed by atoms with Gasteiger partial charge in [-0.15, -0.1) is 0 Å². The van der Waals surface area contributed by atoms with E-state index in [0.717, 1.165) is 48.6 Å². The first kappa shape index (κ1) is 15.0. The van der Waals surface area contributed by atoms with E-state index in [1.54, 1.807) is 6.20 Å². The Morgan fingerprint density at radius 3 is 2.33 bits per heavy atom. The van der Waals surface area contributed by atoms with Crippen LogP contribution >= 0.6 is 11.5 Å². The molecule has 0 N–H and O–H groups in total. The molecule has 1 saturated heterocycles. The molecule has 0 unspecified atom stereocenters. The molecule has 7 heteroatoms. The summed E-state index contributed by atoms with van der Waals surface area (Å²) < 4.78 is 4.49. The van der Waals surface area contributed by atoms with E-state index in [1.807, 2.05) is 36.5 Å². The average molecular weight is 338 g/mol. The molecule has 1 aliphatic heterocycles. The van der Waals surface area contributed by atoms with E-state index < -0.39 is 0 Å². The summed E-state index contributed by atoms with van der Waals surface area (Å²) in [6.07, 6.45) is 4.33. The van der Waals surface area contributed by atoms with Crippen LogP contribution in [-0.2, 0) is 6.42 Å². The van der Waals surface area contributed by atoms with Crippen molar-refractivity contribution in [1.82, 2.24) is 19.3 Å². The van der Waals surface area contributed by atoms with Crippen LogP contribution in [0, 0.1) is 0 Å². The largest absolute Gasteiger partial charge is 0.353 e. The third-order valence-corrected chi connectivity index (χ3v) is 4.86. The Labute approximate surface area is 145 Å². The van der Waals surface area contributed by atoms with Gasteiger partial charge in [0.05, 0.1) is 6.42 Å². The number of piperazine rings is 1. The molecule has 4 heterocycles. The molecule has 0 bridgehead atoms. The van der Waals surface area contributed by atoms with E-state index in [2.05, 4.69) is 35.2 Å². The van der Waals surface area contributed by atoms with E-state index in [1.165, 1.54) is 11.5 Å². The molecule has 0 amide bonds. The normalized spacial score (nSPS) is 14.8. The third kappa shape index (κ3) is 3.35. The van der Waals surface area contributed by atoms with Crippen molar-refractivity contribution >= 4 is 22.5 Å². The zero-order valence-corrected chi connectivity index (χ0v) is 14.1. The molecule has 122 valence electrons. The molecular formula is C17H18N6S. The fraction of sp³-hybridized carbons (Fsp3) is 0.294. The van der Waals surface area contributed by atoms with Gasteiger partial charge in [0.25, 0.3) is 0 Å². The lowest BCUT2D eigenvalue weighted by atomic mass is 10.2. The summed E-state index contributed by atoms with van der Waals surface area (Å²) in [7, 11) is 0. The maximum Gasteiger partial charge on any atom is 0.205 e. The van der Waals surface area contributed by atoms with Crippen molar-refractivity contribution in [1.29, 1.82) is 0 Å². The van der Waals surface area contributed by atoms with Gasteiger partial charge in [-0.05, 0) is 24.3 Å². The van der Waals surface area contributed by atoms with Crippen molar-refractivity contribution in [3.8, 4) is 0 Å². The van der Waals surface area contributed by atoms with Gasteiger partial charge in [0.1, 0.15) is 5.82 Å². The summed E-state index contributed by atoms with van der Waals surface area (Å²) in [6, 6.07) is 12.0. The smallest absolute Gasteiger partial charge is 0.205 e. The monoisotopic (exact) mass is 338 g/mol. The van der Waals surface area contributed by atoms with Crippen LogP contribution in [0.4, 0.5) is 10.9 Å². The predicted molar refractivity (Wildman–Crippen MR) is 95.6 cm³/mol. The van der Waals surface area contributed by atoms with Crippen LogP contribution in [0.1, 0.15) is 11.5 Å². The summed E-state index contributed by atoms with van der Waals surface area (Å²) in [6.45, 7) is 3.78. The van der Waals surface area contributed by atoms with E-state index in [-0.39, 0.29) is 0 Å². The highest BCUT2D eigenvalue weighted by Crippen LogP contribution is 2.21. The van der Waals surface area contributed by atoms with Crippen molar-refractivity contribution in [2.24, 2.45) is 0 Å². The standard InChI is InChI=1S/C17H18N6S/c1-3-7-18-14(5-1)13-15-20-17(24-21-15)23-11-9-22(10-12-23)16-6-2-4-8-19-16/h1-8H,9-13H2. The predicted octanol–water partition coefficient (Wildman–Crippen LogP) is 2.25. The first-order valence-corrected chi connectivity index (χ1v) is 8.79. The molecule has 3 aromatic heterocycles. The molecule has 0 aromatic carbocycles. The van der Waals surface area contributed by atoms with Gasteiger partial charge in [0.15, 0.2) is 5.82 Å². The average Bonchev–Trinajstić information content (AvgIpc) is 3.12. The van der Waals surface area contributed by atoms with Crippen LogP contribution in [0.3, 0.4) is 0 Å². The van der Waals surface area contributed by atoms with Crippen molar-refractivity contribution in [2.75, 3.05) is 36.0 Å². The summed E-state index contributed by atoms with van der Waals surface area (Å²) in [5.41, 5.74) is 1.00. The van der Waals surface area contributed by atoms with Crippen LogP contribution < -0.4 is 9.80 Å². The topological polar surface area (TPSA) is 58.0 Å². The number of hydrogen-bond acceptors (Lipinski definition) is 7. The molecule has 1 fully saturated rings. The minimum Gasteiger partial charge on any atom is -0.353 e. The van der Waals surface area contributed by atoms with Crippen LogP contribution in [-0.4, -0.2) is 45.5 Å². The third-order valence-electron chi connectivity index (χ3n) is 4.05. The van der Waals surface area contributed by atoms with Crippen LogP contribution in [0.25, 0.3) is 0 Å². The Hall–Kier alpha value is -2.54. The molecule has 0 spiro atoms. The molecule has 0 saturated carbocycles. The van der Waals surface area contributed by atoms with Gasteiger partial charge in [0, 0.05) is 55.8 Å². The molecule has 0 atom stereocenters. The minimum atomic E-state index is 0.686. The summed E-state index contributed by atoms with van der Waals surface area (Å²) >= 11 is 1.48. The molecule has 24 heavy (non-hydrogen) atoms.